The molecule has 3 heterocycles. The van der Waals surface area contributed by atoms with E-state index in [1.54, 1.807) is 30.3 Å². The van der Waals surface area contributed by atoms with Gasteiger partial charge in [-0.1, -0.05) is 12.1 Å². The number of nitrogens with zero attached hydrogens (tertiary/aromatic N) is 4. The summed E-state index contributed by atoms with van der Waals surface area (Å²) in [7, 11) is 1.24. The fourth-order valence-electron chi connectivity index (χ4n) is 3.28. The summed E-state index contributed by atoms with van der Waals surface area (Å²) in [5.74, 6) is -0.795. The minimum atomic E-state index is -0.711. The van der Waals surface area contributed by atoms with Gasteiger partial charge < -0.3 is 4.74 Å². The molecule has 0 radical (unpaired) electrons. The molecule has 9 heteroatoms. The van der Waals surface area contributed by atoms with Crippen molar-refractivity contribution in [3.63, 3.8) is 0 Å². The fraction of sp³-hybridized carbons (Fsp3) is 0.143. The number of carbonyl (C=O) groups is 2. The molecule has 0 amide bonds. The van der Waals surface area contributed by atoms with Crippen LogP contribution in [0.3, 0.4) is 0 Å². The van der Waals surface area contributed by atoms with E-state index in [0.29, 0.717) is 5.70 Å². The maximum Gasteiger partial charge on any atom is 0.339 e. The van der Waals surface area contributed by atoms with E-state index in [1.165, 1.54) is 36.2 Å². The second-order valence-electron chi connectivity index (χ2n) is 6.51. The lowest BCUT2D eigenvalue weighted by atomic mass is 10.1. The van der Waals surface area contributed by atoms with Crippen LogP contribution in [0, 0.1) is 0 Å². The van der Waals surface area contributed by atoms with Gasteiger partial charge in [0.25, 0.3) is 5.56 Å². The van der Waals surface area contributed by atoms with Crippen LogP contribution < -0.4 is 11.2 Å². The summed E-state index contributed by atoms with van der Waals surface area (Å²) in [6, 6.07) is 9.51. The van der Waals surface area contributed by atoms with Crippen molar-refractivity contribution in [2.24, 2.45) is 4.99 Å². The Balaban J connectivity index is 2.03. The first kappa shape index (κ1) is 19.2. The molecule has 4 rings (SSSR count). The molecule has 0 unspecified atom stereocenters. The summed E-state index contributed by atoms with van der Waals surface area (Å²) in [4.78, 5) is 58.7. The van der Waals surface area contributed by atoms with E-state index >= 15 is 0 Å². The quantitative estimate of drug-likeness (QED) is 0.605. The Hall–Kier alpha value is -4.14. The van der Waals surface area contributed by atoms with Crippen molar-refractivity contribution >= 4 is 29.0 Å². The van der Waals surface area contributed by atoms with Crippen molar-refractivity contribution in [2.45, 2.75) is 13.0 Å². The largest absolute Gasteiger partial charge is 0.465 e. The molecule has 0 bridgehead atoms. The number of hydrogen-bond donors (Lipinski definition) is 0. The number of ketones is 1. The van der Waals surface area contributed by atoms with E-state index in [4.69, 9.17) is 4.74 Å². The summed E-state index contributed by atoms with van der Waals surface area (Å²) in [6.45, 7) is -0.189. The zero-order valence-electron chi connectivity index (χ0n) is 15.9. The first-order valence-electron chi connectivity index (χ1n) is 9.05. The van der Waals surface area contributed by atoms with Crippen LogP contribution >= 0.6 is 0 Å². The van der Waals surface area contributed by atoms with Gasteiger partial charge in [0.1, 0.15) is 0 Å². The number of methoxy groups -OCH3 is 1. The lowest BCUT2D eigenvalue weighted by Gasteiger charge is -2.16. The number of benzene rings is 1. The lowest BCUT2D eigenvalue weighted by molar-refractivity contribution is -0.113. The molecule has 0 atom stereocenters. The number of rotatable bonds is 4. The molecule has 0 fully saturated rings. The summed E-state index contributed by atoms with van der Waals surface area (Å²) in [5, 5.41) is 0.184. The monoisotopic (exact) mass is 404 g/mol. The van der Waals surface area contributed by atoms with E-state index in [2.05, 4.69) is 9.98 Å². The minimum absolute atomic E-state index is 0.109. The molecular weight excluding hydrogens is 388 g/mol. The molecule has 150 valence electrons. The highest BCUT2D eigenvalue weighted by molar-refractivity contribution is 6.01. The smallest absolute Gasteiger partial charge is 0.339 e. The van der Waals surface area contributed by atoms with Crippen molar-refractivity contribution in [3.8, 4) is 5.69 Å². The van der Waals surface area contributed by atoms with Crippen molar-refractivity contribution in [1.29, 1.82) is 0 Å². The Kier molecular flexibility index (Phi) is 4.93. The van der Waals surface area contributed by atoms with E-state index in [-0.39, 0.29) is 41.0 Å². The van der Waals surface area contributed by atoms with Crippen LogP contribution in [0.4, 0.5) is 0 Å². The van der Waals surface area contributed by atoms with E-state index < -0.39 is 17.2 Å². The Labute approximate surface area is 169 Å². The summed E-state index contributed by atoms with van der Waals surface area (Å²) in [6.07, 6.45) is 4.38. The SMILES string of the molecule is COC(=O)c1ccccc1-n1c(=O)n(CC2=CC(=O)CC=N2)c(=O)c2cccnc21. The van der Waals surface area contributed by atoms with E-state index in [9.17, 15) is 19.2 Å². The number of aliphatic imine (C=N–C) groups is 1. The van der Waals surface area contributed by atoms with E-state index in [0.717, 1.165) is 4.57 Å². The third-order valence-corrected chi connectivity index (χ3v) is 4.64. The third kappa shape index (κ3) is 3.26. The molecule has 3 aromatic rings. The molecule has 0 N–H and O–H groups in total. The first-order valence-corrected chi connectivity index (χ1v) is 9.05. The molecule has 1 aromatic carbocycles. The zero-order chi connectivity index (χ0) is 21.3. The highest BCUT2D eigenvalue weighted by atomic mass is 16.5. The van der Waals surface area contributed by atoms with Gasteiger partial charge in [-0.15, -0.1) is 0 Å². The second-order valence-corrected chi connectivity index (χ2v) is 6.51. The number of ether oxygens (including phenoxy) is 1. The first-order chi connectivity index (χ1) is 14.5. The minimum Gasteiger partial charge on any atom is -0.465 e. The molecule has 0 aliphatic carbocycles. The second kappa shape index (κ2) is 7.70. The zero-order valence-corrected chi connectivity index (χ0v) is 15.9. The number of pyridine rings is 1. The van der Waals surface area contributed by atoms with Gasteiger partial charge in [0.05, 0.1) is 36.0 Å². The van der Waals surface area contributed by atoms with E-state index in [1.807, 2.05) is 0 Å². The maximum atomic E-state index is 13.4. The number of fused-ring (bicyclic) bond motifs is 1. The molecular formula is C21H16N4O5. The Morgan fingerprint density at radius 3 is 2.70 bits per heavy atom. The predicted octanol–water partition coefficient (Wildman–Crippen LogP) is 1.26. The van der Waals surface area contributed by atoms with Gasteiger partial charge in [0, 0.05) is 24.9 Å². The molecule has 0 spiro atoms. The van der Waals surface area contributed by atoms with Crippen molar-refractivity contribution in [3.05, 3.63) is 80.8 Å². The van der Waals surface area contributed by atoms with Crippen LogP contribution in [-0.4, -0.2) is 39.2 Å². The Morgan fingerprint density at radius 1 is 1.13 bits per heavy atom. The van der Waals surface area contributed by atoms with Crippen LogP contribution in [0.25, 0.3) is 16.7 Å². The number of esters is 1. The van der Waals surface area contributed by atoms with Crippen LogP contribution in [0.1, 0.15) is 16.8 Å². The van der Waals surface area contributed by atoms with Gasteiger partial charge in [-0.25, -0.2) is 19.1 Å². The summed E-state index contributed by atoms with van der Waals surface area (Å²) >= 11 is 0. The van der Waals surface area contributed by atoms with Crippen LogP contribution in [-0.2, 0) is 16.1 Å². The van der Waals surface area contributed by atoms with Gasteiger partial charge in [-0.2, -0.15) is 0 Å². The summed E-state index contributed by atoms with van der Waals surface area (Å²) in [5.41, 5.74) is -0.507. The summed E-state index contributed by atoms with van der Waals surface area (Å²) < 4.78 is 6.99. The highest BCUT2D eigenvalue weighted by Gasteiger charge is 2.21. The van der Waals surface area contributed by atoms with Crippen LogP contribution in [0.2, 0.25) is 0 Å². The molecule has 9 nitrogen and oxygen atoms in total. The van der Waals surface area contributed by atoms with Crippen molar-refractivity contribution < 1.29 is 14.3 Å². The van der Waals surface area contributed by atoms with Gasteiger partial charge >= 0.3 is 11.7 Å². The predicted molar refractivity (Wildman–Crippen MR) is 109 cm³/mol. The van der Waals surface area contributed by atoms with Gasteiger partial charge in [-0.05, 0) is 24.3 Å². The van der Waals surface area contributed by atoms with Crippen LogP contribution in [0.5, 0.6) is 0 Å². The molecule has 1 aliphatic rings. The topological polar surface area (TPSA) is 113 Å². The Morgan fingerprint density at radius 2 is 1.93 bits per heavy atom. The molecule has 2 aromatic heterocycles. The average molecular weight is 404 g/mol. The normalized spacial score (nSPS) is 13.4. The number of para-hydroxylation sites is 1. The van der Waals surface area contributed by atoms with Crippen molar-refractivity contribution in [2.75, 3.05) is 7.11 Å². The molecule has 30 heavy (non-hydrogen) atoms. The number of hydrogen-bond acceptors (Lipinski definition) is 7. The average Bonchev–Trinajstić information content (AvgIpc) is 2.76. The number of allylic oxidation sites excluding steroid dienone is 2. The van der Waals surface area contributed by atoms with Gasteiger partial charge in [0.15, 0.2) is 11.4 Å². The highest BCUT2D eigenvalue weighted by Crippen LogP contribution is 2.18. The van der Waals surface area contributed by atoms with Crippen LogP contribution in [0.15, 0.2) is 68.9 Å². The van der Waals surface area contributed by atoms with Gasteiger partial charge in [0.2, 0.25) is 0 Å². The molecule has 1 aliphatic heterocycles. The fourth-order valence-corrected chi connectivity index (χ4v) is 3.28. The molecule has 0 saturated heterocycles. The maximum absolute atomic E-state index is 13.4. The third-order valence-electron chi connectivity index (χ3n) is 4.64. The number of carbonyl (C=O) groups excluding carboxylic acids is 2. The van der Waals surface area contributed by atoms with Crippen molar-refractivity contribution in [1.82, 2.24) is 14.1 Å². The lowest BCUT2D eigenvalue weighted by Crippen LogP contribution is -2.40. The number of aromatic nitrogens is 3. The standard InChI is InChI=1S/C21H16N4O5/c1-30-20(28)15-5-2-3-7-17(15)25-18-16(6-4-9-23-18)19(27)24(21(25)29)12-13-11-14(26)8-10-22-13/h2-7,9-11H,8,12H2,1H3. The Bertz CT molecular complexity index is 1360. The molecule has 0 saturated carbocycles. The van der Waals surface area contributed by atoms with Gasteiger partial charge in [-0.3, -0.25) is 19.1 Å².